The van der Waals surface area contributed by atoms with E-state index in [1.165, 1.54) is 0 Å². The lowest BCUT2D eigenvalue weighted by Crippen LogP contribution is -1.98. The molecule has 0 radical (unpaired) electrons. The van der Waals surface area contributed by atoms with Crippen molar-refractivity contribution in [2.75, 3.05) is 0 Å². The Balaban J connectivity index is 1.47. The highest BCUT2D eigenvalue weighted by atomic mass is 32.2. The van der Waals surface area contributed by atoms with Gasteiger partial charge < -0.3 is 4.42 Å². The van der Waals surface area contributed by atoms with Crippen molar-refractivity contribution in [3.63, 3.8) is 0 Å². The van der Waals surface area contributed by atoms with Crippen LogP contribution >= 0.6 is 23.1 Å². The zero-order chi connectivity index (χ0) is 18.4. The number of nitrogens with zero attached hydrogens (tertiary/aromatic N) is 5. The fourth-order valence-electron chi connectivity index (χ4n) is 2.90. The van der Waals surface area contributed by atoms with Gasteiger partial charge >= 0.3 is 0 Å². The van der Waals surface area contributed by atoms with E-state index in [9.17, 15) is 0 Å². The molecule has 5 aromatic rings. The summed E-state index contributed by atoms with van der Waals surface area (Å²) >= 11 is 3.20. The topological polar surface area (TPSA) is 69.1 Å². The Morgan fingerprint density at radius 3 is 2.81 bits per heavy atom. The van der Waals surface area contributed by atoms with Crippen molar-refractivity contribution in [3.8, 4) is 10.8 Å². The number of thioether (sulfide) groups is 1. The lowest BCUT2D eigenvalue weighted by molar-refractivity contribution is 0.548. The normalized spacial score (nSPS) is 11.6. The molecule has 0 N–H and O–H groups in total. The predicted octanol–water partition coefficient (Wildman–Crippen LogP) is 4.90. The third-order valence-electron chi connectivity index (χ3n) is 4.11. The van der Waals surface area contributed by atoms with E-state index < -0.39 is 0 Å². The number of para-hydroxylation sites is 1. The molecule has 0 aliphatic heterocycles. The first-order valence-electron chi connectivity index (χ1n) is 8.43. The van der Waals surface area contributed by atoms with Gasteiger partial charge in [0.1, 0.15) is 11.6 Å². The molecule has 6 nitrogen and oxygen atoms in total. The van der Waals surface area contributed by atoms with Gasteiger partial charge in [-0.15, -0.1) is 16.4 Å². The van der Waals surface area contributed by atoms with Gasteiger partial charge in [0.25, 0.3) is 0 Å². The number of aryl methyl sites for hydroxylation is 2. The van der Waals surface area contributed by atoms with E-state index in [1.54, 1.807) is 23.1 Å². The van der Waals surface area contributed by atoms with E-state index in [4.69, 9.17) is 9.40 Å². The van der Waals surface area contributed by atoms with Crippen molar-refractivity contribution < 1.29 is 4.42 Å². The minimum atomic E-state index is 0.704. The maximum atomic E-state index is 5.66. The van der Waals surface area contributed by atoms with Gasteiger partial charge in [-0.1, -0.05) is 23.9 Å². The largest absolute Gasteiger partial charge is 0.459 e. The SMILES string of the molecule is Cc1nc2c3ccccc3nc(SCc3csc(-c4ccc(C)o4)n3)n2n1. The van der Waals surface area contributed by atoms with Gasteiger partial charge in [0.2, 0.25) is 0 Å². The van der Waals surface area contributed by atoms with Crippen LogP contribution in [0.1, 0.15) is 17.3 Å². The Morgan fingerprint density at radius 1 is 1.07 bits per heavy atom. The molecule has 0 unspecified atom stereocenters. The van der Waals surface area contributed by atoms with Gasteiger partial charge in [-0.3, -0.25) is 0 Å². The molecule has 0 saturated heterocycles. The zero-order valence-corrected chi connectivity index (χ0v) is 16.3. The van der Waals surface area contributed by atoms with Gasteiger partial charge in [0.05, 0.1) is 11.2 Å². The first kappa shape index (κ1) is 16.5. The van der Waals surface area contributed by atoms with Crippen molar-refractivity contribution in [1.82, 2.24) is 24.6 Å². The molecule has 5 rings (SSSR count). The Hall–Kier alpha value is -2.71. The molecule has 0 spiro atoms. The first-order valence-corrected chi connectivity index (χ1v) is 10.3. The number of hydrogen-bond acceptors (Lipinski definition) is 7. The lowest BCUT2D eigenvalue weighted by atomic mass is 10.2. The Kier molecular flexibility index (Phi) is 3.95. The van der Waals surface area contributed by atoms with Gasteiger partial charge in [-0.25, -0.2) is 15.0 Å². The van der Waals surface area contributed by atoms with Crippen LogP contribution in [-0.4, -0.2) is 24.6 Å². The first-order chi connectivity index (χ1) is 13.2. The summed E-state index contributed by atoms with van der Waals surface area (Å²) in [5, 5.41) is 9.30. The average Bonchev–Trinajstić information content (AvgIpc) is 3.38. The fraction of sp³-hybridized carbons (Fsp3) is 0.158. The van der Waals surface area contributed by atoms with Crippen LogP contribution in [0.5, 0.6) is 0 Å². The van der Waals surface area contributed by atoms with Crippen LogP contribution in [0.3, 0.4) is 0 Å². The fourth-order valence-corrected chi connectivity index (χ4v) is 4.62. The van der Waals surface area contributed by atoms with Crippen molar-refractivity contribution in [2.24, 2.45) is 0 Å². The second kappa shape index (κ2) is 6.47. The van der Waals surface area contributed by atoms with Crippen LogP contribution in [0.4, 0.5) is 0 Å². The second-order valence-corrected chi connectivity index (χ2v) is 7.95. The van der Waals surface area contributed by atoms with E-state index in [2.05, 4.69) is 20.4 Å². The van der Waals surface area contributed by atoms with Crippen LogP contribution < -0.4 is 0 Å². The van der Waals surface area contributed by atoms with Crippen LogP contribution in [0.2, 0.25) is 0 Å². The summed E-state index contributed by atoms with van der Waals surface area (Å²) in [5.41, 5.74) is 2.75. The molecule has 1 aromatic carbocycles. The van der Waals surface area contributed by atoms with E-state index in [0.29, 0.717) is 5.75 Å². The summed E-state index contributed by atoms with van der Waals surface area (Å²) in [4.78, 5) is 14.0. The second-order valence-electron chi connectivity index (χ2n) is 6.15. The molecule has 134 valence electrons. The third kappa shape index (κ3) is 3.00. The number of thiazole rings is 1. The minimum absolute atomic E-state index is 0.704. The molecule has 0 saturated carbocycles. The van der Waals surface area contributed by atoms with Gasteiger partial charge in [0, 0.05) is 16.5 Å². The van der Waals surface area contributed by atoms with Crippen molar-refractivity contribution in [1.29, 1.82) is 0 Å². The number of benzene rings is 1. The summed E-state index contributed by atoms with van der Waals surface area (Å²) in [6, 6.07) is 11.9. The van der Waals surface area contributed by atoms with E-state index >= 15 is 0 Å². The quantitative estimate of drug-likeness (QED) is 0.319. The highest BCUT2D eigenvalue weighted by Gasteiger charge is 2.14. The van der Waals surface area contributed by atoms with Crippen LogP contribution in [0, 0.1) is 13.8 Å². The summed E-state index contributed by atoms with van der Waals surface area (Å²) in [5.74, 6) is 3.14. The smallest absolute Gasteiger partial charge is 0.191 e. The predicted molar refractivity (Wildman–Crippen MR) is 107 cm³/mol. The van der Waals surface area contributed by atoms with Crippen molar-refractivity contribution in [3.05, 3.63) is 59.1 Å². The van der Waals surface area contributed by atoms with Gasteiger partial charge in [-0.2, -0.15) is 4.52 Å². The average molecular weight is 393 g/mol. The molecule has 0 atom stereocenters. The highest BCUT2D eigenvalue weighted by molar-refractivity contribution is 7.98. The third-order valence-corrected chi connectivity index (χ3v) is 5.98. The Bertz CT molecular complexity index is 1270. The van der Waals surface area contributed by atoms with Crippen LogP contribution in [0.15, 0.2) is 51.4 Å². The molecular formula is C19H15N5OS2. The summed E-state index contributed by atoms with van der Waals surface area (Å²) in [7, 11) is 0. The Morgan fingerprint density at radius 2 is 1.96 bits per heavy atom. The Labute approximate surface area is 163 Å². The summed E-state index contributed by atoms with van der Waals surface area (Å²) in [6.07, 6.45) is 0. The number of hydrogen-bond donors (Lipinski definition) is 0. The molecule has 4 heterocycles. The number of furan rings is 1. The van der Waals surface area contributed by atoms with E-state index in [-0.39, 0.29) is 0 Å². The van der Waals surface area contributed by atoms with Gasteiger partial charge in [-0.05, 0) is 38.1 Å². The minimum Gasteiger partial charge on any atom is -0.459 e. The molecule has 0 amide bonds. The van der Waals surface area contributed by atoms with Crippen molar-refractivity contribution >= 4 is 39.6 Å². The molecular weight excluding hydrogens is 378 g/mol. The zero-order valence-electron chi connectivity index (χ0n) is 14.7. The summed E-state index contributed by atoms with van der Waals surface area (Å²) < 4.78 is 7.49. The van der Waals surface area contributed by atoms with E-state index in [0.717, 1.165) is 49.8 Å². The monoisotopic (exact) mass is 393 g/mol. The van der Waals surface area contributed by atoms with E-state index in [1.807, 2.05) is 54.8 Å². The van der Waals surface area contributed by atoms with Crippen molar-refractivity contribution in [2.45, 2.75) is 24.8 Å². The molecule has 0 fully saturated rings. The summed E-state index contributed by atoms with van der Waals surface area (Å²) in [6.45, 7) is 3.83. The van der Waals surface area contributed by atoms with Gasteiger partial charge in [0.15, 0.2) is 21.6 Å². The molecule has 0 aliphatic rings. The maximum absolute atomic E-state index is 5.66. The molecule has 4 aromatic heterocycles. The highest BCUT2D eigenvalue weighted by Crippen LogP contribution is 2.30. The molecule has 0 bridgehead atoms. The number of aromatic nitrogens is 5. The maximum Gasteiger partial charge on any atom is 0.191 e. The number of fused-ring (bicyclic) bond motifs is 3. The van der Waals surface area contributed by atoms with Crippen LogP contribution in [0.25, 0.3) is 27.3 Å². The lowest BCUT2D eigenvalue weighted by Gasteiger charge is -2.05. The molecule has 0 aliphatic carbocycles. The molecule has 27 heavy (non-hydrogen) atoms. The van der Waals surface area contributed by atoms with Crippen LogP contribution in [-0.2, 0) is 5.75 Å². The standard InChI is InChI=1S/C19H15N5OS2/c1-11-7-8-16(25-11)18-21-13(9-26-18)10-27-19-22-15-6-4-3-5-14(15)17-20-12(2)23-24(17)19/h3-9H,10H2,1-2H3. The molecule has 8 heteroatoms. The number of rotatable bonds is 4.